The lowest BCUT2D eigenvalue weighted by Crippen LogP contribution is -3.10. The van der Waals surface area contributed by atoms with Crippen molar-refractivity contribution in [2.75, 3.05) is 13.1 Å². The van der Waals surface area contributed by atoms with Gasteiger partial charge in [0.2, 0.25) is 0 Å². The summed E-state index contributed by atoms with van der Waals surface area (Å²) in [4.78, 5) is 32.8. The molecule has 0 aliphatic carbocycles. The van der Waals surface area contributed by atoms with Gasteiger partial charge in [0.15, 0.2) is 17.0 Å². The third-order valence-electron chi connectivity index (χ3n) is 4.84. The van der Waals surface area contributed by atoms with Crippen molar-refractivity contribution >= 4 is 34.4 Å². The lowest BCUT2D eigenvalue weighted by molar-refractivity contribution is -0.911. The van der Waals surface area contributed by atoms with E-state index in [1.807, 2.05) is 10.6 Å². The van der Waals surface area contributed by atoms with Gasteiger partial charge < -0.3 is 9.47 Å². The zero-order valence-electron chi connectivity index (χ0n) is 15.5. The van der Waals surface area contributed by atoms with Gasteiger partial charge in [-0.25, -0.2) is 9.78 Å². The summed E-state index contributed by atoms with van der Waals surface area (Å²) in [5, 5.41) is 1.07. The Balaban J connectivity index is 2.22. The molecule has 0 spiro atoms. The van der Waals surface area contributed by atoms with E-state index in [9.17, 15) is 9.59 Å². The minimum absolute atomic E-state index is 0.365. The number of nitrogens with zero attached hydrogens (tertiary/aromatic N) is 3. The van der Waals surface area contributed by atoms with Crippen molar-refractivity contribution in [1.29, 1.82) is 0 Å². The molecule has 1 aromatic carbocycles. The van der Waals surface area contributed by atoms with Gasteiger partial charge in [-0.2, -0.15) is 0 Å². The fourth-order valence-corrected chi connectivity index (χ4v) is 3.60. The Morgan fingerprint density at radius 2 is 1.89 bits per heavy atom. The number of rotatable bonds is 6. The molecule has 3 rings (SSSR count). The summed E-state index contributed by atoms with van der Waals surface area (Å²) in [6, 6.07) is 5.27. The van der Waals surface area contributed by atoms with Gasteiger partial charge in [-0.05, 0) is 31.5 Å². The van der Waals surface area contributed by atoms with Crippen LogP contribution in [-0.4, -0.2) is 32.2 Å². The van der Waals surface area contributed by atoms with E-state index in [4.69, 9.17) is 23.2 Å². The Labute approximate surface area is 166 Å². The first kappa shape index (κ1) is 19.7. The normalized spacial score (nSPS) is 11.6. The monoisotopic (exact) mass is 410 g/mol. The van der Waals surface area contributed by atoms with Crippen LogP contribution < -0.4 is 16.1 Å². The number of nitrogens with one attached hydrogen (secondary N) is 2. The van der Waals surface area contributed by atoms with Crippen molar-refractivity contribution < 1.29 is 4.90 Å². The number of halogens is 2. The highest BCUT2D eigenvalue weighted by Gasteiger charge is 2.20. The molecule has 3 aromatic rings. The number of imidazole rings is 1. The molecule has 0 bridgehead atoms. The second-order valence-corrected chi connectivity index (χ2v) is 7.32. The molecule has 27 heavy (non-hydrogen) atoms. The summed E-state index contributed by atoms with van der Waals surface area (Å²) >= 11 is 12.3. The van der Waals surface area contributed by atoms with Gasteiger partial charge in [-0.15, -0.1) is 0 Å². The number of hydrogen-bond donors (Lipinski definition) is 2. The van der Waals surface area contributed by atoms with Crippen LogP contribution in [0.2, 0.25) is 10.0 Å². The highest BCUT2D eigenvalue weighted by molar-refractivity contribution is 6.35. The molecule has 0 saturated heterocycles. The van der Waals surface area contributed by atoms with Gasteiger partial charge in [0, 0.05) is 17.1 Å². The molecule has 144 valence electrons. The third-order valence-corrected chi connectivity index (χ3v) is 5.42. The van der Waals surface area contributed by atoms with Crippen molar-refractivity contribution in [2.45, 2.75) is 26.9 Å². The van der Waals surface area contributed by atoms with Gasteiger partial charge in [-0.1, -0.05) is 29.3 Å². The molecule has 7 nitrogen and oxygen atoms in total. The van der Waals surface area contributed by atoms with Gasteiger partial charge in [0.25, 0.3) is 5.56 Å². The molecule has 0 atom stereocenters. The van der Waals surface area contributed by atoms with E-state index in [1.54, 1.807) is 19.2 Å². The maximum atomic E-state index is 12.5. The Kier molecular flexibility index (Phi) is 5.74. The molecule has 0 amide bonds. The quantitative estimate of drug-likeness (QED) is 0.640. The lowest BCUT2D eigenvalue weighted by Gasteiger charge is -2.16. The van der Waals surface area contributed by atoms with Crippen molar-refractivity contribution in [3.8, 4) is 0 Å². The van der Waals surface area contributed by atoms with Crippen LogP contribution in [0.1, 0.15) is 25.2 Å². The Morgan fingerprint density at radius 1 is 1.19 bits per heavy atom. The van der Waals surface area contributed by atoms with Crippen LogP contribution in [0.25, 0.3) is 11.2 Å². The van der Waals surface area contributed by atoms with Crippen LogP contribution in [0.5, 0.6) is 0 Å². The molecule has 2 heterocycles. The van der Waals surface area contributed by atoms with E-state index in [-0.39, 0.29) is 0 Å². The minimum atomic E-state index is -0.483. The maximum Gasteiger partial charge on any atom is 0.329 e. The van der Waals surface area contributed by atoms with Gasteiger partial charge >= 0.3 is 5.69 Å². The van der Waals surface area contributed by atoms with Crippen LogP contribution >= 0.6 is 23.2 Å². The molecule has 2 aromatic heterocycles. The summed E-state index contributed by atoms with van der Waals surface area (Å²) in [6.07, 6.45) is 0. The number of hydrogen-bond acceptors (Lipinski definition) is 3. The Hall–Kier alpha value is -2.09. The zero-order valence-corrected chi connectivity index (χ0v) is 17.0. The number of benzene rings is 1. The van der Waals surface area contributed by atoms with Crippen LogP contribution in [0.4, 0.5) is 0 Å². The largest absolute Gasteiger partial charge is 0.329 e. The lowest BCUT2D eigenvalue weighted by atomic mass is 10.2. The minimum Gasteiger partial charge on any atom is -0.329 e. The first-order valence-corrected chi connectivity index (χ1v) is 9.57. The fraction of sp³-hybridized carbons (Fsp3) is 0.389. The van der Waals surface area contributed by atoms with Crippen LogP contribution in [0.15, 0.2) is 27.8 Å². The van der Waals surface area contributed by atoms with Crippen molar-refractivity contribution in [3.05, 3.63) is 60.5 Å². The van der Waals surface area contributed by atoms with E-state index in [0.717, 1.165) is 24.5 Å². The predicted octanol–water partition coefficient (Wildman–Crippen LogP) is 1.20. The third kappa shape index (κ3) is 3.81. The fourth-order valence-electron chi connectivity index (χ4n) is 3.13. The van der Waals surface area contributed by atoms with E-state index in [1.165, 1.54) is 9.47 Å². The van der Waals surface area contributed by atoms with Crippen molar-refractivity contribution in [3.63, 3.8) is 0 Å². The maximum absolute atomic E-state index is 12.5. The molecular weight excluding hydrogens is 389 g/mol. The molecule has 9 heteroatoms. The summed E-state index contributed by atoms with van der Waals surface area (Å²) in [5.41, 5.74) is 0.624. The van der Waals surface area contributed by atoms with Gasteiger partial charge in [0.1, 0.15) is 6.54 Å². The molecule has 0 aliphatic rings. The molecule has 0 aliphatic heterocycles. The second kappa shape index (κ2) is 7.88. The molecule has 0 saturated carbocycles. The van der Waals surface area contributed by atoms with Crippen LogP contribution in [0, 0.1) is 0 Å². The molecule has 0 fully saturated rings. The number of H-pyrrole nitrogens is 1. The first-order valence-electron chi connectivity index (χ1n) is 8.81. The van der Waals surface area contributed by atoms with E-state index in [2.05, 4.69) is 23.8 Å². The summed E-state index contributed by atoms with van der Waals surface area (Å²) in [6.45, 7) is 7.06. The first-order chi connectivity index (χ1) is 12.8. The predicted molar refractivity (Wildman–Crippen MR) is 107 cm³/mol. The molecule has 2 N–H and O–H groups in total. The number of aromatic amines is 1. The zero-order chi connectivity index (χ0) is 19.7. The number of aryl methyl sites for hydroxylation is 1. The smallest absolute Gasteiger partial charge is 0.329 e. The Bertz CT molecular complexity index is 1100. The summed E-state index contributed by atoms with van der Waals surface area (Å²) in [7, 11) is 1.60. The van der Waals surface area contributed by atoms with E-state index < -0.39 is 11.2 Å². The molecular formula is C18H22Cl2N5O2+. The summed E-state index contributed by atoms with van der Waals surface area (Å²) < 4.78 is 3.20. The molecule has 0 radical (unpaired) electrons. The SMILES string of the molecule is CC[NH+](CC)Cc1nc2c(c(=O)[nH]c(=O)n2C)n1Cc1ccc(Cl)cc1Cl. The highest BCUT2D eigenvalue weighted by Crippen LogP contribution is 2.23. The standard InChI is InChI=1S/C18H21Cl2N5O2/c1-4-24(5-2)10-14-21-16-15(17(26)22-18(27)23(16)3)25(14)9-11-6-7-12(19)8-13(11)20/h6-8H,4-5,9-10H2,1-3H3,(H,22,26,27)/p+1. The van der Waals surface area contributed by atoms with Crippen molar-refractivity contribution in [2.24, 2.45) is 7.05 Å². The number of quaternary nitrogens is 1. The average Bonchev–Trinajstić information content (AvgIpc) is 2.98. The number of aromatic nitrogens is 4. The van der Waals surface area contributed by atoms with Crippen molar-refractivity contribution in [1.82, 2.24) is 19.1 Å². The molecule has 0 unspecified atom stereocenters. The van der Waals surface area contributed by atoms with E-state index >= 15 is 0 Å². The van der Waals surface area contributed by atoms with E-state index in [0.29, 0.717) is 34.3 Å². The number of fused-ring (bicyclic) bond motifs is 1. The highest BCUT2D eigenvalue weighted by atomic mass is 35.5. The Morgan fingerprint density at radius 3 is 2.52 bits per heavy atom. The second-order valence-electron chi connectivity index (χ2n) is 6.47. The van der Waals surface area contributed by atoms with Gasteiger partial charge in [-0.3, -0.25) is 14.3 Å². The van der Waals surface area contributed by atoms with Crippen LogP contribution in [-0.2, 0) is 20.1 Å². The van der Waals surface area contributed by atoms with Gasteiger partial charge in [0.05, 0.1) is 19.6 Å². The topological polar surface area (TPSA) is 77.1 Å². The van der Waals surface area contributed by atoms with Crippen LogP contribution in [0.3, 0.4) is 0 Å². The summed E-state index contributed by atoms with van der Waals surface area (Å²) in [5.74, 6) is 0.737. The average molecular weight is 411 g/mol.